The summed E-state index contributed by atoms with van der Waals surface area (Å²) < 4.78 is 6.64. The first kappa shape index (κ1) is 20.3. The summed E-state index contributed by atoms with van der Waals surface area (Å²) in [6.07, 6.45) is -0.0497. The molecule has 0 aliphatic carbocycles. The third-order valence-electron chi connectivity index (χ3n) is 5.11. The second kappa shape index (κ2) is 8.82. The fraction of sp³-hybridized carbons (Fsp3) is 0.143. The maximum absolute atomic E-state index is 6.64. The van der Waals surface area contributed by atoms with Gasteiger partial charge >= 0.3 is 0 Å². The summed E-state index contributed by atoms with van der Waals surface area (Å²) in [5.41, 5.74) is 7.32. The standard InChI is InChI=1S/C28H28OSi/c1-30(2,3)29-28(26-18-14-24(15-19-26)22-10-6-4-7-11-22)27-20-16-25(17-21-27)23-12-8-5-9-13-23/h4-21,28H,1-3H3. The van der Waals surface area contributed by atoms with Crippen molar-refractivity contribution in [3.05, 3.63) is 120 Å². The monoisotopic (exact) mass is 408 g/mol. The van der Waals surface area contributed by atoms with Crippen molar-refractivity contribution in [2.45, 2.75) is 25.7 Å². The molecule has 2 heteroatoms. The summed E-state index contributed by atoms with van der Waals surface area (Å²) in [4.78, 5) is 0. The Hall–Kier alpha value is -2.94. The second-order valence-electron chi connectivity index (χ2n) is 8.59. The topological polar surface area (TPSA) is 9.23 Å². The molecule has 0 saturated carbocycles. The van der Waals surface area contributed by atoms with Crippen LogP contribution in [-0.2, 0) is 4.43 Å². The molecule has 0 heterocycles. The van der Waals surface area contributed by atoms with Gasteiger partial charge in [-0.2, -0.15) is 0 Å². The molecule has 4 aromatic carbocycles. The Bertz CT molecular complexity index is 981. The molecule has 150 valence electrons. The van der Waals surface area contributed by atoms with Crippen LogP contribution in [0.15, 0.2) is 109 Å². The van der Waals surface area contributed by atoms with E-state index in [9.17, 15) is 0 Å². The molecule has 30 heavy (non-hydrogen) atoms. The van der Waals surface area contributed by atoms with Crippen LogP contribution in [0.25, 0.3) is 22.3 Å². The number of benzene rings is 4. The molecule has 0 atom stereocenters. The van der Waals surface area contributed by atoms with Gasteiger partial charge in [-0.25, -0.2) is 0 Å². The predicted octanol–water partition coefficient (Wildman–Crippen LogP) is 7.96. The molecule has 4 aromatic rings. The van der Waals surface area contributed by atoms with Crippen molar-refractivity contribution < 1.29 is 4.43 Å². The molecule has 0 aliphatic rings. The van der Waals surface area contributed by atoms with E-state index in [1.165, 1.54) is 33.4 Å². The van der Waals surface area contributed by atoms with E-state index in [2.05, 4.69) is 129 Å². The molecule has 0 saturated heterocycles. The van der Waals surface area contributed by atoms with Gasteiger partial charge in [-0.15, -0.1) is 0 Å². The van der Waals surface area contributed by atoms with Gasteiger partial charge in [-0.1, -0.05) is 109 Å². The highest BCUT2D eigenvalue weighted by atomic mass is 28.4. The Morgan fingerprint density at radius 3 is 1.13 bits per heavy atom. The van der Waals surface area contributed by atoms with Gasteiger partial charge < -0.3 is 4.43 Å². The highest BCUT2D eigenvalue weighted by Gasteiger charge is 2.24. The van der Waals surface area contributed by atoms with E-state index in [1.807, 2.05) is 0 Å². The zero-order valence-electron chi connectivity index (χ0n) is 17.9. The average molecular weight is 409 g/mol. The maximum atomic E-state index is 6.64. The highest BCUT2D eigenvalue weighted by Crippen LogP contribution is 2.32. The fourth-order valence-corrected chi connectivity index (χ4v) is 4.62. The minimum Gasteiger partial charge on any atom is -0.407 e. The van der Waals surface area contributed by atoms with E-state index in [-0.39, 0.29) is 6.10 Å². The SMILES string of the molecule is C[Si](C)(C)OC(c1ccc(-c2ccccc2)cc1)c1ccc(-c2ccccc2)cc1. The molecule has 0 N–H and O–H groups in total. The van der Waals surface area contributed by atoms with Gasteiger partial charge in [-0.05, 0) is 53.0 Å². The van der Waals surface area contributed by atoms with Gasteiger partial charge in [0, 0.05) is 0 Å². The summed E-state index contributed by atoms with van der Waals surface area (Å²) in [5, 5.41) is 0. The first-order valence-corrected chi connectivity index (χ1v) is 13.9. The molecular weight excluding hydrogens is 380 g/mol. The third kappa shape index (κ3) is 4.96. The molecule has 0 aliphatic heterocycles. The summed E-state index contributed by atoms with van der Waals surface area (Å²) in [6.45, 7) is 6.74. The van der Waals surface area contributed by atoms with Gasteiger partial charge in [0.2, 0.25) is 0 Å². The molecule has 4 rings (SSSR count). The summed E-state index contributed by atoms with van der Waals surface area (Å²) >= 11 is 0. The molecule has 0 unspecified atom stereocenters. The lowest BCUT2D eigenvalue weighted by atomic mass is 9.96. The lowest BCUT2D eigenvalue weighted by molar-refractivity contribution is 0.240. The van der Waals surface area contributed by atoms with Crippen molar-refractivity contribution in [2.24, 2.45) is 0 Å². The molecule has 0 radical (unpaired) electrons. The zero-order valence-corrected chi connectivity index (χ0v) is 18.9. The zero-order chi connectivity index (χ0) is 21.0. The predicted molar refractivity (Wildman–Crippen MR) is 130 cm³/mol. The molecule has 1 nitrogen and oxygen atoms in total. The van der Waals surface area contributed by atoms with Crippen molar-refractivity contribution in [1.29, 1.82) is 0 Å². The Balaban J connectivity index is 1.65. The average Bonchev–Trinajstić information content (AvgIpc) is 2.78. The van der Waals surface area contributed by atoms with Gasteiger partial charge in [0.25, 0.3) is 0 Å². The summed E-state index contributed by atoms with van der Waals surface area (Å²) in [7, 11) is -1.74. The normalized spacial score (nSPS) is 11.6. The van der Waals surface area contributed by atoms with E-state index in [1.54, 1.807) is 0 Å². The number of hydrogen-bond acceptors (Lipinski definition) is 1. The van der Waals surface area contributed by atoms with E-state index >= 15 is 0 Å². The second-order valence-corrected chi connectivity index (χ2v) is 13.0. The molecular formula is C28H28OSi. The lowest BCUT2D eigenvalue weighted by Gasteiger charge is -2.27. The quantitative estimate of drug-likeness (QED) is 0.294. The lowest BCUT2D eigenvalue weighted by Crippen LogP contribution is -2.28. The van der Waals surface area contributed by atoms with E-state index in [4.69, 9.17) is 4.43 Å². The molecule has 0 amide bonds. The first-order chi connectivity index (χ1) is 14.5. The molecule has 0 spiro atoms. The van der Waals surface area contributed by atoms with Crippen LogP contribution in [-0.4, -0.2) is 8.32 Å². The van der Waals surface area contributed by atoms with Gasteiger partial charge in [-0.3, -0.25) is 0 Å². The Morgan fingerprint density at radius 1 is 0.467 bits per heavy atom. The van der Waals surface area contributed by atoms with E-state index in [0.717, 1.165) is 0 Å². The van der Waals surface area contributed by atoms with Crippen LogP contribution in [0.1, 0.15) is 17.2 Å². The molecule has 0 fully saturated rings. The molecule has 0 aromatic heterocycles. The molecule has 0 bridgehead atoms. The number of hydrogen-bond donors (Lipinski definition) is 0. The van der Waals surface area contributed by atoms with Gasteiger partial charge in [0.15, 0.2) is 8.32 Å². The van der Waals surface area contributed by atoms with Crippen molar-refractivity contribution in [3.63, 3.8) is 0 Å². The summed E-state index contributed by atoms with van der Waals surface area (Å²) in [5.74, 6) is 0. The minimum absolute atomic E-state index is 0.0497. The van der Waals surface area contributed by atoms with Crippen molar-refractivity contribution in [2.75, 3.05) is 0 Å². The first-order valence-electron chi connectivity index (χ1n) is 10.5. The van der Waals surface area contributed by atoms with Crippen LogP contribution >= 0.6 is 0 Å². The smallest absolute Gasteiger partial charge is 0.185 e. The number of rotatable bonds is 6. The Morgan fingerprint density at radius 2 is 0.800 bits per heavy atom. The van der Waals surface area contributed by atoms with Gasteiger partial charge in [0.05, 0.1) is 6.10 Å². The Labute approximate surface area is 181 Å². The van der Waals surface area contributed by atoms with Crippen LogP contribution in [0.4, 0.5) is 0 Å². The van der Waals surface area contributed by atoms with Crippen molar-refractivity contribution in [3.8, 4) is 22.3 Å². The third-order valence-corrected chi connectivity index (χ3v) is 6.06. The van der Waals surface area contributed by atoms with Crippen LogP contribution in [0.3, 0.4) is 0 Å². The van der Waals surface area contributed by atoms with Crippen molar-refractivity contribution >= 4 is 8.32 Å². The fourth-order valence-electron chi connectivity index (χ4n) is 3.64. The van der Waals surface area contributed by atoms with Crippen LogP contribution in [0.2, 0.25) is 19.6 Å². The van der Waals surface area contributed by atoms with Crippen molar-refractivity contribution in [1.82, 2.24) is 0 Å². The van der Waals surface area contributed by atoms with E-state index in [0.29, 0.717) is 0 Å². The van der Waals surface area contributed by atoms with Crippen LogP contribution < -0.4 is 0 Å². The summed E-state index contributed by atoms with van der Waals surface area (Å²) in [6, 6.07) is 38.6. The largest absolute Gasteiger partial charge is 0.407 e. The highest BCUT2D eigenvalue weighted by molar-refractivity contribution is 6.69. The van der Waals surface area contributed by atoms with E-state index < -0.39 is 8.32 Å². The van der Waals surface area contributed by atoms with Crippen LogP contribution in [0.5, 0.6) is 0 Å². The minimum atomic E-state index is -1.74. The maximum Gasteiger partial charge on any atom is 0.185 e. The Kier molecular flexibility index (Phi) is 5.98. The van der Waals surface area contributed by atoms with Crippen LogP contribution in [0, 0.1) is 0 Å². The van der Waals surface area contributed by atoms with Gasteiger partial charge in [0.1, 0.15) is 0 Å².